The fourth-order valence-corrected chi connectivity index (χ4v) is 4.75. The summed E-state index contributed by atoms with van der Waals surface area (Å²) >= 11 is 3.15. The third kappa shape index (κ3) is 1.68. The number of hydrogen-bond acceptors (Lipinski definition) is 7. The summed E-state index contributed by atoms with van der Waals surface area (Å²) in [6.07, 6.45) is 5.37. The van der Waals surface area contributed by atoms with E-state index in [1.54, 1.807) is 35.7 Å². The Hall–Kier alpha value is -1.21. The van der Waals surface area contributed by atoms with Gasteiger partial charge in [-0.05, 0) is 12.2 Å². The number of esters is 1. The summed E-state index contributed by atoms with van der Waals surface area (Å²) < 4.78 is 4.83. The second kappa shape index (κ2) is 3.89. The second-order valence-corrected chi connectivity index (χ2v) is 6.90. The van der Waals surface area contributed by atoms with Crippen LogP contribution in [0, 0.1) is 0 Å². The zero-order valence-electron chi connectivity index (χ0n) is 9.78. The van der Waals surface area contributed by atoms with Gasteiger partial charge in [-0.1, -0.05) is 17.8 Å². The summed E-state index contributed by atoms with van der Waals surface area (Å²) in [7, 11) is 0. The molecule has 0 aromatic rings. The molecule has 1 fully saturated rings. The van der Waals surface area contributed by atoms with E-state index in [9.17, 15) is 9.90 Å². The molecule has 0 saturated carbocycles. The van der Waals surface area contributed by atoms with Crippen molar-refractivity contribution in [2.45, 2.75) is 16.8 Å². The number of rotatable bonds is 1. The summed E-state index contributed by atoms with van der Waals surface area (Å²) in [6.45, 7) is 0.383. The Morgan fingerprint density at radius 1 is 1.47 bits per heavy atom. The number of allylic oxidation sites excluding steroid dienone is 1. The zero-order valence-corrected chi connectivity index (χ0v) is 11.4. The van der Waals surface area contributed by atoms with Crippen molar-refractivity contribution in [1.82, 2.24) is 0 Å². The van der Waals surface area contributed by atoms with Crippen molar-refractivity contribution in [3.8, 4) is 0 Å². The monoisotopic (exact) mass is 294 g/mol. The number of fused-ring (bicyclic) bond motifs is 1. The van der Waals surface area contributed by atoms with Crippen LogP contribution in [0.5, 0.6) is 0 Å². The molecule has 19 heavy (non-hydrogen) atoms. The van der Waals surface area contributed by atoms with Crippen LogP contribution >= 0.6 is 23.5 Å². The largest absolute Gasteiger partial charge is 0.508 e. The number of cyclic esters (lactones) is 1. The maximum Gasteiger partial charge on any atom is 0.338 e. The number of hydrogen-bond donors (Lipinski definition) is 1. The van der Waals surface area contributed by atoms with Crippen LogP contribution in [0.2, 0.25) is 0 Å². The van der Waals surface area contributed by atoms with Crippen molar-refractivity contribution in [3.05, 3.63) is 24.0 Å². The molecular formula is C12H10N2O3S2. The first kappa shape index (κ1) is 11.6. The molecular weight excluding hydrogens is 284 g/mol. The molecule has 0 bridgehead atoms. The normalized spacial score (nSPS) is 39.4. The number of aliphatic hydroxyl groups is 1. The lowest BCUT2D eigenvalue weighted by atomic mass is 10.0. The van der Waals surface area contributed by atoms with Gasteiger partial charge in [0.15, 0.2) is 0 Å². The van der Waals surface area contributed by atoms with Crippen molar-refractivity contribution < 1.29 is 14.6 Å². The van der Waals surface area contributed by atoms with E-state index in [0.29, 0.717) is 12.4 Å². The van der Waals surface area contributed by atoms with E-state index in [2.05, 4.69) is 9.98 Å². The standard InChI is InChI=1S/C12H10N2O3S2/c15-6-1-2-7-8(3-6)19-9(13-7)10-14-12(5-18-10)4-17-11(12)16/h1-3,7-8,15H,4-5H2. The number of thioether (sulfide) groups is 2. The van der Waals surface area contributed by atoms with Crippen LogP contribution in [-0.2, 0) is 9.53 Å². The minimum absolute atomic E-state index is 0.0593. The van der Waals surface area contributed by atoms with Gasteiger partial charge in [-0.2, -0.15) is 0 Å². The SMILES string of the molecule is O=C1OCC12CSC(C1=NC3C=CC(O)=CC3S1)=N2. The summed E-state index contributed by atoms with van der Waals surface area (Å²) in [5.74, 6) is 0.700. The van der Waals surface area contributed by atoms with Crippen LogP contribution in [0.4, 0.5) is 0 Å². The third-order valence-corrected chi connectivity index (χ3v) is 5.94. The van der Waals surface area contributed by atoms with E-state index in [1.807, 2.05) is 6.08 Å². The minimum Gasteiger partial charge on any atom is -0.508 e. The van der Waals surface area contributed by atoms with Crippen molar-refractivity contribution in [3.63, 3.8) is 0 Å². The van der Waals surface area contributed by atoms with Gasteiger partial charge in [0.05, 0.1) is 11.3 Å². The maximum absolute atomic E-state index is 11.5. The van der Waals surface area contributed by atoms with Crippen molar-refractivity contribution >= 4 is 39.6 Å². The number of carbonyl (C=O) groups excluding carboxylic acids is 1. The average molecular weight is 294 g/mol. The van der Waals surface area contributed by atoms with Gasteiger partial charge < -0.3 is 9.84 Å². The molecule has 0 aromatic heterocycles. The van der Waals surface area contributed by atoms with Crippen LogP contribution in [0.1, 0.15) is 0 Å². The Morgan fingerprint density at radius 3 is 3.05 bits per heavy atom. The summed E-state index contributed by atoms with van der Waals surface area (Å²) in [6, 6.07) is 0.0593. The molecule has 3 heterocycles. The number of aliphatic imine (C=N–C) groups is 2. The quantitative estimate of drug-likeness (QED) is 0.739. The number of nitrogens with zero attached hydrogens (tertiary/aromatic N) is 2. The Labute approximate surface area is 117 Å². The molecule has 4 aliphatic rings. The van der Waals surface area contributed by atoms with Gasteiger partial charge in [0.25, 0.3) is 0 Å². The van der Waals surface area contributed by atoms with Crippen molar-refractivity contribution in [2.24, 2.45) is 9.98 Å². The number of carbonyl (C=O) groups is 1. The lowest BCUT2D eigenvalue weighted by Crippen LogP contribution is -2.54. The molecule has 0 amide bonds. The van der Waals surface area contributed by atoms with Crippen molar-refractivity contribution in [2.75, 3.05) is 12.4 Å². The molecule has 4 rings (SSSR count). The van der Waals surface area contributed by atoms with Gasteiger partial charge in [0, 0.05) is 5.75 Å². The summed E-state index contributed by atoms with van der Waals surface area (Å²) in [5.41, 5.74) is -0.648. The Bertz CT molecular complexity index is 596. The predicted octanol–water partition coefficient (Wildman–Crippen LogP) is 1.32. The molecule has 7 heteroatoms. The highest BCUT2D eigenvalue weighted by atomic mass is 32.2. The summed E-state index contributed by atoms with van der Waals surface area (Å²) in [4.78, 5) is 20.6. The minimum atomic E-state index is -0.648. The smallest absolute Gasteiger partial charge is 0.338 e. The highest BCUT2D eigenvalue weighted by Gasteiger charge is 2.53. The number of aliphatic hydroxyl groups excluding tert-OH is 1. The Kier molecular flexibility index (Phi) is 2.38. The van der Waals surface area contributed by atoms with E-state index in [-0.39, 0.29) is 23.0 Å². The fraction of sp³-hybridized carbons (Fsp3) is 0.417. The second-order valence-electron chi connectivity index (χ2n) is 4.77. The molecule has 1 saturated heterocycles. The molecule has 1 N–H and O–H groups in total. The Balaban J connectivity index is 1.59. The molecule has 5 nitrogen and oxygen atoms in total. The highest BCUT2D eigenvalue weighted by molar-refractivity contribution is 8.25. The summed E-state index contributed by atoms with van der Waals surface area (Å²) in [5, 5.41) is 11.3. The zero-order chi connectivity index (χ0) is 13.0. The molecule has 3 unspecified atom stereocenters. The van der Waals surface area contributed by atoms with Crippen molar-refractivity contribution in [1.29, 1.82) is 0 Å². The van der Waals surface area contributed by atoms with E-state index < -0.39 is 5.54 Å². The molecule has 1 aliphatic carbocycles. The van der Waals surface area contributed by atoms with Gasteiger partial charge in [-0.3, -0.25) is 9.98 Å². The fourth-order valence-electron chi connectivity index (χ4n) is 2.28. The van der Waals surface area contributed by atoms with Crippen LogP contribution in [-0.4, -0.2) is 50.4 Å². The van der Waals surface area contributed by atoms with Gasteiger partial charge in [-0.15, -0.1) is 11.8 Å². The first-order valence-corrected chi connectivity index (χ1v) is 7.77. The van der Waals surface area contributed by atoms with Gasteiger partial charge in [0.1, 0.15) is 22.5 Å². The molecule has 1 spiro atoms. The lowest BCUT2D eigenvalue weighted by Gasteiger charge is -2.31. The van der Waals surface area contributed by atoms with Crippen LogP contribution in [0.3, 0.4) is 0 Å². The average Bonchev–Trinajstić information content (AvgIpc) is 3.01. The molecule has 0 radical (unpaired) electrons. The van der Waals surface area contributed by atoms with Crippen LogP contribution < -0.4 is 0 Å². The van der Waals surface area contributed by atoms with E-state index >= 15 is 0 Å². The van der Waals surface area contributed by atoms with Crippen LogP contribution in [0.25, 0.3) is 0 Å². The molecule has 0 aromatic carbocycles. The van der Waals surface area contributed by atoms with E-state index in [0.717, 1.165) is 10.1 Å². The van der Waals surface area contributed by atoms with Gasteiger partial charge >= 0.3 is 5.97 Å². The highest BCUT2D eigenvalue weighted by Crippen LogP contribution is 2.40. The molecule has 3 aliphatic heterocycles. The predicted molar refractivity (Wildman–Crippen MR) is 76.0 cm³/mol. The first-order chi connectivity index (χ1) is 9.16. The molecule has 98 valence electrons. The Morgan fingerprint density at radius 2 is 2.37 bits per heavy atom. The van der Waals surface area contributed by atoms with Crippen LogP contribution in [0.15, 0.2) is 34.0 Å². The van der Waals surface area contributed by atoms with E-state index in [4.69, 9.17) is 4.74 Å². The molecule has 3 atom stereocenters. The lowest BCUT2D eigenvalue weighted by molar-refractivity contribution is -0.169. The first-order valence-electron chi connectivity index (χ1n) is 5.90. The number of ether oxygens (including phenoxy) is 1. The third-order valence-electron chi connectivity index (χ3n) is 3.42. The van der Waals surface area contributed by atoms with Gasteiger partial charge in [-0.25, -0.2) is 4.79 Å². The maximum atomic E-state index is 11.5. The van der Waals surface area contributed by atoms with E-state index in [1.165, 1.54) is 0 Å². The topological polar surface area (TPSA) is 71.2 Å². The van der Waals surface area contributed by atoms with Gasteiger partial charge in [0.2, 0.25) is 5.54 Å².